The van der Waals surface area contributed by atoms with Crippen LogP contribution >= 0.6 is 15.9 Å². The molecule has 0 bridgehead atoms. The molecular formula is C13H20BrNO. The summed E-state index contributed by atoms with van der Waals surface area (Å²) >= 11 is 3.54. The molecule has 2 unspecified atom stereocenters. The average Bonchev–Trinajstić information content (AvgIpc) is 2.29. The second-order valence-electron chi connectivity index (χ2n) is 3.86. The maximum Gasteiger partial charge on any atom is 0.0726 e. The maximum absolute atomic E-state index is 6.17. The zero-order valence-corrected chi connectivity index (χ0v) is 11.5. The molecule has 0 heterocycles. The van der Waals surface area contributed by atoms with Gasteiger partial charge in [0.1, 0.15) is 0 Å². The smallest absolute Gasteiger partial charge is 0.0726 e. The van der Waals surface area contributed by atoms with Gasteiger partial charge in [-0.25, -0.2) is 0 Å². The first kappa shape index (κ1) is 13.7. The number of halogens is 1. The lowest BCUT2D eigenvalue weighted by Gasteiger charge is -2.23. The topological polar surface area (TPSA) is 35.2 Å². The Bertz CT molecular complexity index is 317. The molecule has 0 saturated carbocycles. The summed E-state index contributed by atoms with van der Waals surface area (Å²) in [5, 5.41) is 0. The predicted molar refractivity (Wildman–Crippen MR) is 71.5 cm³/mol. The third-order valence-corrected chi connectivity index (χ3v) is 3.45. The van der Waals surface area contributed by atoms with Gasteiger partial charge in [0.2, 0.25) is 0 Å². The number of benzene rings is 1. The van der Waals surface area contributed by atoms with Crippen molar-refractivity contribution in [3.05, 3.63) is 34.3 Å². The molecule has 90 valence electrons. The molecule has 2 N–H and O–H groups in total. The van der Waals surface area contributed by atoms with Crippen LogP contribution in [0.3, 0.4) is 0 Å². The fourth-order valence-corrected chi connectivity index (χ4v) is 2.25. The highest BCUT2D eigenvalue weighted by Crippen LogP contribution is 2.18. The number of hydrogen-bond acceptors (Lipinski definition) is 2. The monoisotopic (exact) mass is 285 g/mol. The van der Waals surface area contributed by atoms with Crippen LogP contribution < -0.4 is 5.73 Å². The van der Waals surface area contributed by atoms with Gasteiger partial charge in [-0.05, 0) is 31.4 Å². The van der Waals surface area contributed by atoms with Crippen LogP contribution in [-0.2, 0) is 11.2 Å². The first-order valence-electron chi connectivity index (χ1n) is 5.79. The van der Waals surface area contributed by atoms with Gasteiger partial charge in [-0.15, -0.1) is 0 Å². The maximum atomic E-state index is 6.17. The lowest BCUT2D eigenvalue weighted by atomic mass is 10.0. The largest absolute Gasteiger partial charge is 0.377 e. The Hall–Kier alpha value is -0.380. The highest BCUT2D eigenvalue weighted by Gasteiger charge is 2.17. The van der Waals surface area contributed by atoms with Gasteiger partial charge in [0, 0.05) is 17.1 Å². The molecule has 0 aliphatic rings. The predicted octanol–water partition coefficient (Wildman–Crippen LogP) is 3.13. The van der Waals surface area contributed by atoms with Crippen molar-refractivity contribution in [2.24, 2.45) is 5.73 Å². The van der Waals surface area contributed by atoms with Gasteiger partial charge in [0.15, 0.2) is 0 Å². The summed E-state index contributed by atoms with van der Waals surface area (Å²) in [5.74, 6) is 0. The van der Waals surface area contributed by atoms with Crippen LogP contribution in [-0.4, -0.2) is 18.8 Å². The fourth-order valence-electron chi connectivity index (χ4n) is 1.81. The number of nitrogens with two attached hydrogens (primary N) is 1. The van der Waals surface area contributed by atoms with Crippen molar-refractivity contribution in [3.8, 4) is 0 Å². The van der Waals surface area contributed by atoms with E-state index in [1.807, 2.05) is 25.1 Å². The lowest BCUT2D eigenvalue weighted by Crippen LogP contribution is -2.38. The Morgan fingerprint density at radius 3 is 2.56 bits per heavy atom. The van der Waals surface area contributed by atoms with E-state index in [1.165, 1.54) is 5.56 Å². The van der Waals surface area contributed by atoms with Gasteiger partial charge in [-0.3, -0.25) is 0 Å². The van der Waals surface area contributed by atoms with E-state index in [9.17, 15) is 0 Å². The van der Waals surface area contributed by atoms with E-state index in [2.05, 4.69) is 28.9 Å². The molecule has 3 heteroatoms. The normalized spacial score (nSPS) is 14.8. The third kappa shape index (κ3) is 3.89. The Kier molecular flexibility index (Phi) is 6.03. The average molecular weight is 286 g/mol. The number of ether oxygens (including phenoxy) is 1. The SMILES string of the molecule is CCOC(CC)C(N)Cc1ccccc1Br. The molecular weight excluding hydrogens is 266 g/mol. The van der Waals surface area contributed by atoms with Crippen molar-refractivity contribution in [2.45, 2.75) is 38.8 Å². The quantitative estimate of drug-likeness (QED) is 0.872. The van der Waals surface area contributed by atoms with E-state index < -0.39 is 0 Å². The molecule has 2 atom stereocenters. The minimum absolute atomic E-state index is 0.0589. The molecule has 0 saturated heterocycles. The molecule has 1 aromatic rings. The first-order chi connectivity index (χ1) is 7.69. The Morgan fingerprint density at radius 1 is 1.31 bits per heavy atom. The molecule has 1 aromatic carbocycles. The van der Waals surface area contributed by atoms with Gasteiger partial charge in [0.05, 0.1) is 6.10 Å². The molecule has 0 aliphatic heterocycles. The fraction of sp³-hybridized carbons (Fsp3) is 0.538. The second kappa shape index (κ2) is 7.05. The van der Waals surface area contributed by atoms with Crippen molar-refractivity contribution >= 4 is 15.9 Å². The molecule has 0 fully saturated rings. The first-order valence-corrected chi connectivity index (χ1v) is 6.58. The number of rotatable bonds is 6. The lowest BCUT2D eigenvalue weighted by molar-refractivity contribution is 0.0417. The van der Waals surface area contributed by atoms with Crippen molar-refractivity contribution in [3.63, 3.8) is 0 Å². The molecule has 2 nitrogen and oxygen atoms in total. The van der Waals surface area contributed by atoms with Crippen molar-refractivity contribution in [2.75, 3.05) is 6.61 Å². The second-order valence-corrected chi connectivity index (χ2v) is 4.72. The van der Waals surface area contributed by atoms with Gasteiger partial charge in [-0.1, -0.05) is 41.1 Å². The summed E-state index contributed by atoms with van der Waals surface area (Å²) < 4.78 is 6.75. The Balaban J connectivity index is 2.62. The van der Waals surface area contributed by atoms with Gasteiger partial charge in [0.25, 0.3) is 0 Å². The molecule has 0 amide bonds. The van der Waals surface area contributed by atoms with Crippen LogP contribution in [0, 0.1) is 0 Å². The molecule has 0 spiro atoms. The summed E-state index contributed by atoms with van der Waals surface area (Å²) in [4.78, 5) is 0. The van der Waals surface area contributed by atoms with Crippen LogP contribution in [0.25, 0.3) is 0 Å². The van der Waals surface area contributed by atoms with E-state index in [1.54, 1.807) is 0 Å². The molecule has 1 rings (SSSR count). The van der Waals surface area contributed by atoms with Gasteiger partial charge < -0.3 is 10.5 Å². The van der Waals surface area contributed by atoms with Crippen LogP contribution in [0.15, 0.2) is 28.7 Å². The van der Waals surface area contributed by atoms with Gasteiger partial charge >= 0.3 is 0 Å². The summed E-state index contributed by atoms with van der Waals surface area (Å²) in [5.41, 5.74) is 7.41. The van der Waals surface area contributed by atoms with E-state index >= 15 is 0 Å². The van der Waals surface area contributed by atoms with Gasteiger partial charge in [-0.2, -0.15) is 0 Å². The zero-order valence-electron chi connectivity index (χ0n) is 9.95. The minimum atomic E-state index is 0.0589. The van der Waals surface area contributed by atoms with E-state index in [4.69, 9.17) is 10.5 Å². The van der Waals surface area contributed by atoms with Crippen LogP contribution in [0.5, 0.6) is 0 Å². The Labute approximate surface area is 106 Å². The van der Waals surface area contributed by atoms with Crippen molar-refractivity contribution in [1.29, 1.82) is 0 Å². The van der Waals surface area contributed by atoms with Crippen LogP contribution in [0.2, 0.25) is 0 Å². The highest BCUT2D eigenvalue weighted by molar-refractivity contribution is 9.10. The summed E-state index contributed by atoms with van der Waals surface area (Å²) in [6.07, 6.45) is 1.96. The molecule has 0 aliphatic carbocycles. The molecule has 0 aromatic heterocycles. The zero-order chi connectivity index (χ0) is 12.0. The van der Waals surface area contributed by atoms with Crippen molar-refractivity contribution < 1.29 is 4.74 Å². The molecule has 16 heavy (non-hydrogen) atoms. The summed E-state index contributed by atoms with van der Waals surface area (Å²) in [7, 11) is 0. The van der Waals surface area contributed by atoms with E-state index in [0.717, 1.165) is 23.9 Å². The number of hydrogen-bond donors (Lipinski definition) is 1. The summed E-state index contributed by atoms with van der Waals surface area (Å²) in [6.45, 7) is 4.84. The Morgan fingerprint density at radius 2 is 2.00 bits per heavy atom. The standard InChI is InChI=1S/C13H20BrNO/c1-3-13(16-4-2)12(15)9-10-7-5-6-8-11(10)14/h5-8,12-13H,3-4,9,15H2,1-2H3. The van der Waals surface area contributed by atoms with Crippen molar-refractivity contribution in [1.82, 2.24) is 0 Å². The third-order valence-electron chi connectivity index (χ3n) is 2.67. The summed E-state index contributed by atoms with van der Waals surface area (Å²) in [6, 6.07) is 8.25. The van der Waals surface area contributed by atoms with E-state index in [0.29, 0.717) is 0 Å². The highest BCUT2D eigenvalue weighted by atomic mass is 79.9. The van der Waals surface area contributed by atoms with E-state index in [-0.39, 0.29) is 12.1 Å². The minimum Gasteiger partial charge on any atom is -0.377 e. The van der Waals surface area contributed by atoms with Crippen LogP contribution in [0.1, 0.15) is 25.8 Å². The molecule has 0 radical (unpaired) electrons. The van der Waals surface area contributed by atoms with Crippen LogP contribution in [0.4, 0.5) is 0 Å².